The molecule has 2 aromatic rings. The molecule has 6 nitrogen and oxygen atoms in total. The van der Waals surface area contributed by atoms with Gasteiger partial charge in [0.1, 0.15) is 5.69 Å². The van der Waals surface area contributed by atoms with E-state index in [1.807, 2.05) is 49.0 Å². The number of hydrogen-bond donors (Lipinski definition) is 0. The molecule has 2 aliphatic rings. The third kappa shape index (κ3) is 2.91. The molecule has 0 N–H and O–H groups in total. The Hall–Kier alpha value is -2.63. The minimum Gasteiger partial charge on any atom is -0.345 e. The fourth-order valence-electron chi connectivity index (χ4n) is 5.12. The summed E-state index contributed by atoms with van der Waals surface area (Å²) in [5.74, 6) is 0.111. The summed E-state index contributed by atoms with van der Waals surface area (Å²) in [7, 11) is 3.73. The summed E-state index contributed by atoms with van der Waals surface area (Å²) < 4.78 is 1.79. The van der Waals surface area contributed by atoms with Crippen LogP contribution < -0.4 is 0 Å². The summed E-state index contributed by atoms with van der Waals surface area (Å²) in [5.41, 5.74) is 1.06. The third-order valence-corrected chi connectivity index (χ3v) is 6.51. The number of hydrogen-bond acceptors (Lipinski definition) is 3. The van der Waals surface area contributed by atoms with Crippen molar-refractivity contribution in [2.75, 3.05) is 13.6 Å². The zero-order valence-electron chi connectivity index (χ0n) is 16.8. The number of aryl methyl sites for hydroxylation is 1. The van der Waals surface area contributed by atoms with Crippen LogP contribution in [0.4, 0.5) is 0 Å². The van der Waals surface area contributed by atoms with Crippen LogP contribution in [-0.4, -0.2) is 56.8 Å². The highest BCUT2D eigenvalue weighted by Crippen LogP contribution is 2.52. The predicted octanol–water partition coefficient (Wildman–Crippen LogP) is 2.50. The van der Waals surface area contributed by atoms with Crippen LogP contribution in [0.25, 0.3) is 0 Å². The maximum absolute atomic E-state index is 13.6. The van der Waals surface area contributed by atoms with Gasteiger partial charge in [0.15, 0.2) is 0 Å². The van der Waals surface area contributed by atoms with Crippen LogP contribution in [0.2, 0.25) is 0 Å². The Bertz CT molecular complexity index is 878. The fourth-order valence-corrected chi connectivity index (χ4v) is 5.12. The molecular formula is C22H28N4O2. The standard InChI is InChI=1S/C22H28N4O2/c1-4-25(3)21(28)22(12-16-8-6-5-7-9-16)13-17-10-11-19(22)26(17)20(27)18-14-24(2)15-23-18/h5-9,14-15,17,19H,4,10-13H2,1-3H3/t17-,19+,22+/m0/s1. The number of benzene rings is 1. The number of carbonyl (C=O) groups is 2. The molecule has 4 rings (SSSR count). The molecule has 0 aliphatic carbocycles. The van der Waals surface area contributed by atoms with E-state index in [1.54, 1.807) is 17.1 Å². The SMILES string of the molecule is CCN(C)C(=O)[C@]1(Cc2ccccc2)C[C@@H]2CC[C@H]1N2C(=O)c1cn(C)cn1. The number of amides is 2. The van der Waals surface area contributed by atoms with Crippen molar-refractivity contribution in [3.8, 4) is 0 Å². The molecule has 3 atom stereocenters. The van der Waals surface area contributed by atoms with Crippen molar-refractivity contribution < 1.29 is 9.59 Å². The Kier molecular flexibility index (Phi) is 4.73. The smallest absolute Gasteiger partial charge is 0.274 e. The summed E-state index contributed by atoms with van der Waals surface area (Å²) in [4.78, 5) is 34.9. The first-order valence-corrected chi connectivity index (χ1v) is 10.1. The number of aromatic nitrogens is 2. The Morgan fingerprint density at radius 1 is 1.25 bits per heavy atom. The van der Waals surface area contributed by atoms with Crippen molar-refractivity contribution in [1.82, 2.24) is 19.4 Å². The molecule has 6 heteroatoms. The van der Waals surface area contributed by atoms with Gasteiger partial charge in [0.2, 0.25) is 5.91 Å². The van der Waals surface area contributed by atoms with Gasteiger partial charge in [-0.1, -0.05) is 30.3 Å². The van der Waals surface area contributed by atoms with Gasteiger partial charge in [0, 0.05) is 38.9 Å². The van der Waals surface area contributed by atoms with Crippen LogP contribution in [0.5, 0.6) is 0 Å². The topological polar surface area (TPSA) is 58.4 Å². The van der Waals surface area contributed by atoms with Gasteiger partial charge in [0.25, 0.3) is 5.91 Å². The molecule has 2 aliphatic heterocycles. The molecule has 3 heterocycles. The van der Waals surface area contributed by atoms with Gasteiger partial charge >= 0.3 is 0 Å². The molecule has 1 aromatic carbocycles. The Morgan fingerprint density at radius 3 is 2.64 bits per heavy atom. The Morgan fingerprint density at radius 2 is 2.00 bits per heavy atom. The number of rotatable bonds is 5. The fraction of sp³-hybridized carbons (Fsp3) is 0.500. The summed E-state index contributed by atoms with van der Waals surface area (Å²) in [6.45, 7) is 2.67. The van der Waals surface area contributed by atoms with Gasteiger partial charge in [-0.2, -0.15) is 0 Å². The molecule has 0 unspecified atom stereocenters. The van der Waals surface area contributed by atoms with Gasteiger partial charge in [-0.05, 0) is 38.2 Å². The van der Waals surface area contributed by atoms with E-state index in [0.717, 1.165) is 24.8 Å². The molecule has 2 fully saturated rings. The Balaban J connectivity index is 1.71. The second-order valence-electron chi connectivity index (χ2n) is 8.23. The van der Waals surface area contributed by atoms with Crippen molar-refractivity contribution in [2.45, 2.75) is 44.7 Å². The molecule has 0 spiro atoms. The lowest BCUT2D eigenvalue weighted by atomic mass is 9.69. The van der Waals surface area contributed by atoms with Crippen LogP contribution in [0.15, 0.2) is 42.9 Å². The van der Waals surface area contributed by atoms with E-state index in [4.69, 9.17) is 0 Å². The highest BCUT2D eigenvalue weighted by atomic mass is 16.2. The van der Waals surface area contributed by atoms with Crippen molar-refractivity contribution in [2.24, 2.45) is 12.5 Å². The minimum atomic E-state index is -0.556. The maximum atomic E-state index is 13.6. The number of fused-ring (bicyclic) bond motifs is 2. The highest BCUT2D eigenvalue weighted by Gasteiger charge is 2.61. The average Bonchev–Trinajstić information content (AvgIpc) is 3.40. The highest BCUT2D eigenvalue weighted by molar-refractivity contribution is 5.95. The van der Waals surface area contributed by atoms with E-state index >= 15 is 0 Å². The van der Waals surface area contributed by atoms with Crippen molar-refractivity contribution >= 4 is 11.8 Å². The second kappa shape index (κ2) is 7.08. The number of imidazole rings is 1. The van der Waals surface area contributed by atoms with E-state index < -0.39 is 5.41 Å². The van der Waals surface area contributed by atoms with Gasteiger partial charge in [-0.15, -0.1) is 0 Å². The molecule has 0 saturated carbocycles. The lowest BCUT2D eigenvalue weighted by Gasteiger charge is -2.38. The van der Waals surface area contributed by atoms with Crippen LogP contribution in [0.3, 0.4) is 0 Å². The van der Waals surface area contributed by atoms with Crippen LogP contribution in [0.1, 0.15) is 42.2 Å². The monoisotopic (exact) mass is 380 g/mol. The lowest BCUT2D eigenvalue weighted by Crippen LogP contribution is -2.51. The van der Waals surface area contributed by atoms with E-state index in [2.05, 4.69) is 17.1 Å². The lowest BCUT2D eigenvalue weighted by molar-refractivity contribution is -0.142. The molecule has 148 valence electrons. The second-order valence-corrected chi connectivity index (χ2v) is 8.23. The predicted molar refractivity (Wildman–Crippen MR) is 107 cm³/mol. The van der Waals surface area contributed by atoms with Gasteiger partial charge in [-0.3, -0.25) is 9.59 Å². The van der Waals surface area contributed by atoms with Crippen molar-refractivity contribution in [3.05, 3.63) is 54.1 Å². The summed E-state index contributed by atoms with van der Waals surface area (Å²) >= 11 is 0. The minimum absolute atomic E-state index is 0.0463. The summed E-state index contributed by atoms with van der Waals surface area (Å²) in [5, 5.41) is 0. The van der Waals surface area contributed by atoms with Crippen molar-refractivity contribution in [1.29, 1.82) is 0 Å². The van der Waals surface area contributed by atoms with Gasteiger partial charge < -0.3 is 14.4 Å². The largest absolute Gasteiger partial charge is 0.345 e. The molecular weight excluding hydrogens is 352 g/mol. The van der Waals surface area contributed by atoms with Crippen LogP contribution in [-0.2, 0) is 18.3 Å². The summed E-state index contributed by atoms with van der Waals surface area (Å²) in [6, 6.07) is 10.2. The zero-order chi connectivity index (χ0) is 19.9. The van der Waals surface area contributed by atoms with E-state index in [-0.39, 0.29) is 23.9 Å². The number of nitrogens with zero attached hydrogens (tertiary/aromatic N) is 4. The molecule has 2 amide bonds. The Labute approximate surface area is 166 Å². The quantitative estimate of drug-likeness (QED) is 0.801. The molecule has 0 radical (unpaired) electrons. The first kappa shape index (κ1) is 18.7. The van der Waals surface area contributed by atoms with Gasteiger partial charge in [-0.25, -0.2) is 4.98 Å². The van der Waals surface area contributed by atoms with E-state index in [1.165, 1.54) is 0 Å². The van der Waals surface area contributed by atoms with Crippen LogP contribution >= 0.6 is 0 Å². The maximum Gasteiger partial charge on any atom is 0.274 e. The average molecular weight is 380 g/mol. The first-order valence-electron chi connectivity index (χ1n) is 10.1. The first-order chi connectivity index (χ1) is 13.5. The molecule has 28 heavy (non-hydrogen) atoms. The molecule has 1 aromatic heterocycles. The summed E-state index contributed by atoms with van der Waals surface area (Å²) in [6.07, 6.45) is 6.65. The zero-order valence-corrected chi connectivity index (χ0v) is 16.8. The van der Waals surface area contributed by atoms with Gasteiger partial charge in [0.05, 0.1) is 11.7 Å². The third-order valence-electron chi connectivity index (χ3n) is 6.51. The molecule has 2 bridgehead atoms. The number of carbonyl (C=O) groups excluding carboxylic acids is 2. The van der Waals surface area contributed by atoms with E-state index in [0.29, 0.717) is 18.7 Å². The normalized spacial score (nSPS) is 25.9. The van der Waals surface area contributed by atoms with Crippen molar-refractivity contribution in [3.63, 3.8) is 0 Å². The van der Waals surface area contributed by atoms with Crippen LogP contribution in [0, 0.1) is 5.41 Å². The van der Waals surface area contributed by atoms with E-state index in [9.17, 15) is 9.59 Å². The molecule has 2 saturated heterocycles.